The summed E-state index contributed by atoms with van der Waals surface area (Å²) >= 11 is 0. The number of ether oxygens (including phenoxy) is 1. The topological polar surface area (TPSA) is 115 Å². The molecule has 2 aromatic heterocycles. The highest BCUT2D eigenvalue weighted by Crippen LogP contribution is 2.26. The molecule has 0 aliphatic heterocycles. The zero-order chi connectivity index (χ0) is 26.0. The average molecular weight is 502 g/mol. The fourth-order valence-electron chi connectivity index (χ4n) is 3.88. The summed E-state index contributed by atoms with van der Waals surface area (Å²) in [6.45, 7) is 1.48. The van der Waals surface area contributed by atoms with Crippen LogP contribution in [0.3, 0.4) is 0 Å². The van der Waals surface area contributed by atoms with Crippen LogP contribution in [0.1, 0.15) is 18.9 Å². The van der Waals surface area contributed by atoms with Gasteiger partial charge in [0.15, 0.2) is 0 Å². The van der Waals surface area contributed by atoms with Gasteiger partial charge in [-0.1, -0.05) is 12.1 Å². The third-order valence-electron chi connectivity index (χ3n) is 5.54. The molecule has 4 rings (SSSR count). The maximum absolute atomic E-state index is 12.7. The van der Waals surface area contributed by atoms with E-state index in [9.17, 15) is 32.3 Å². The molecule has 9 nitrogen and oxygen atoms in total. The van der Waals surface area contributed by atoms with Gasteiger partial charge in [-0.2, -0.15) is 13.2 Å². The van der Waals surface area contributed by atoms with E-state index < -0.39 is 29.2 Å². The van der Waals surface area contributed by atoms with E-state index in [4.69, 9.17) is 4.74 Å². The lowest BCUT2D eigenvalue weighted by atomic mass is 10.1. The van der Waals surface area contributed by atoms with Gasteiger partial charge in [0.2, 0.25) is 0 Å². The fourth-order valence-corrected chi connectivity index (χ4v) is 3.88. The third kappa shape index (κ3) is 5.02. The summed E-state index contributed by atoms with van der Waals surface area (Å²) in [7, 11) is 0. The molecule has 0 bridgehead atoms. The minimum Gasteiger partial charge on any atom is -0.466 e. The number of carbonyl (C=O) groups is 2. The van der Waals surface area contributed by atoms with Crippen LogP contribution in [0, 0.1) is 0 Å². The van der Waals surface area contributed by atoms with Crippen molar-refractivity contribution in [1.82, 2.24) is 19.4 Å². The van der Waals surface area contributed by atoms with Crippen LogP contribution in [-0.4, -0.2) is 38.8 Å². The van der Waals surface area contributed by atoms with E-state index in [1.165, 1.54) is 4.57 Å². The molecular formula is C24H21F3N4O5. The lowest BCUT2D eigenvalue weighted by Gasteiger charge is -2.13. The second-order valence-electron chi connectivity index (χ2n) is 7.94. The number of carbonyl (C=O) groups excluding carboxylic acids is 2. The number of H-pyrrole nitrogens is 1. The van der Waals surface area contributed by atoms with Crippen LogP contribution in [0.2, 0.25) is 0 Å². The van der Waals surface area contributed by atoms with Gasteiger partial charge in [0.25, 0.3) is 0 Å². The van der Waals surface area contributed by atoms with Crippen molar-refractivity contribution in [3.63, 3.8) is 0 Å². The van der Waals surface area contributed by atoms with Gasteiger partial charge < -0.3 is 24.2 Å². The Labute approximate surface area is 201 Å². The molecule has 1 amide bonds. The van der Waals surface area contributed by atoms with Crippen LogP contribution < -0.4 is 16.4 Å². The molecule has 2 N–H and O–H groups in total. The van der Waals surface area contributed by atoms with Crippen molar-refractivity contribution in [3.05, 3.63) is 75.1 Å². The Balaban J connectivity index is 1.74. The number of esters is 1. The maximum Gasteiger partial charge on any atom is 0.471 e. The van der Waals surface area contributed by atoms with Crippen LogP contribution in [0.15, 0.2) is 58.4 Å². The van der Waals surface area contributed by atoms with Crippen molar-refractivity contribution in [1.29, 1.82) is 0 Å². The number of halogens is 3. The quantitative estimate of drug-likeness (QED) is 0.229. The number of aryl methyl sites for hydroxylation is 1. The first-order valence-electron chi connectivity index (χ1n) is 11.0. The standard InChI is InChI=1S/C24H21F3N4O5/c1-2-36-19(32)8-10-31-20-17-11-16(5-3-15(17)4-6-18(20)29-21(33)22(31)34)30-9-7-14(13-30)12-28-23(35)24(25,26)27/h3-7,9,11,13H,2,8,10,12H2,1H3,(H,28,35)(H,29,33). The first-order valence-corrected chi connectivity index (χ1v) is 11.0. The Bertz CT molecular complexity index is 1580. The summed E-state index contributed by atoms with van der Waals surface area (Å²) in [6, 6.07) is 10.3. The zero-order valence-corrected chi connectivity index (χ0v) is 19.0. The van der Waals surface area contributed by atoms with E-state index >= 15 is 0 Å². The molecule has 0 aliphatic carbocycles. The Morgan fingerprint density at radius 3 is 2.58 bits per heavy atom. The van der Waals surface area contributed by atoms with Crippen molar-refractivity contribution in [3.8, 4) is 5.69 Å². The SMILES string of the molecule is CCOC(=O)CCn1c(=O)c(=O)[nH]c2ccc3ccc(-n4ccc(CNC(=O)C(F)(F)F)c4)cc3c21. The number of alkyl halides is 3. The second kappa shape index (κ2) is 9.72. The molecule has 2 heterocycles. The van der Waals surface area contributed by atoms with Gasteiger partial charge in [0.05, 0.1) is 24.1 Å². The Morgan fingerprint density at radius 2 is 1.86 bits per heavy atom. The van der Waals surface area contributed by atoms with Gasteiger partial charge in [0, 0.05) is 36.6 Å². The second-order valence-corrected chi connectivity index (χ2v) is 7.94. The van der Waals surface area contributed by atoms with E-state index in [-0.39, 0.29) is 26.1 Å². The average Bonchev–Trinajstić information content (AvgIpc) is 3.31. The number of aromatic nitrogens is 3. The molecule has 12 heteroatoms. The molecule has 0 unspecified atom stereocenters. The van der Waals surface area contributed by atoms with Crippen LogP contribution in [0.5, 0.6) is 0 Å². The van der Waals surface area contributed by atoms with Crippen molar-refractivity contribution in [2.24, 2.45) is 0 Å². The minimum absolute atomic E-state index is 0.0615. The predicted octanol–water partition coefficient (Wildman–Crippen LogP) is 2.77. The largest absolute Gasteiger partial charge is 0.471 e. The molecule has 0 radical (unpaired) electrons. The van der Waals surface area contributed by atoms with Crippen LogP contribution in [-0.2, 0) is 27.4 Å². The van der Waals surface area contributed by atoms with Gasteiger partial charge in [-0.15, -0.1) is 0 Å². The number of hydrogen-bond acceptors (Lipinski definition) is 5. The first-order chi connectivity index (χ1) is 17.1. The van der Waals surface area contributed by atoms with Gasteiger partial charge in [0.1, 0.15) is 0 Å². The van der Waals surface area contributed by atoms with E-state index in [0.717, 1.165) is 5.39 Å². The molecule has 0 aliphatic rings. The number of hydrogen-bond donors (Lipinski definition) is 2. The molecule has 0 fully saturated rings. The van der Waals surface area contributed by atoms with Crippen LogP contribution >= 0.6 is 0 Å². The monoisotopic (exact) mass is 502 g/mol. The molecule has 2 aromatic carbocycles. The van der Waals surface area contributed by atoms with Crippen LogP contribution in [0.4, 0.5) is 13.2 Å². The summed E-state index contributed by atoms with van der Waals surface area (Å²) in [4.78, 5) is 50.4. The highest BCUT2D eigenvalue weighted by molar-refractivity contribution is 6.04. The molecule has 0 saturated carbocycles. The summed E-state index contributed by atoms with van der Waals surface area (Å²) in [6.07, 6.45) is -1.88. The summed E-state index contributed by atoms with van der Waals surface area (Å²) in [5.41, 5.74) is 0.260. The lowest BCUT2D eigenvalue weighted by molar-refractivity contribution is -0.173. The number of nitrogens with one attached hydrogen (secondary N) is 2. The Morgan fingerprint density at radius 1 is 1.11 bits per heavy atom. The van der Waals surface area contributed by atoms with Gasteiger partial charge >= 0.3 is 29.2 Å². The number of aromatic amines is 1. The predicted molar refractivity (Wildman–Crippen MR) is 125 cm³/mol. The number of nitrogens with zero attached hydrogens (tertiary/aromatic N) is 2. The lowest BCUT2D eigenvalue weighted by Crippen LogP contribution is -2.37. The van der Waals surface area contributed by atoms with E-state index in [1.807, 2.05) is 5.32 Å². The summed E-state index contributed by atoms with van der Waals surface area (Å²) in [5.74, 6) is -2.53. The first kappa shape index (κ1) is 24.8. The molecule has 0 saturated heterocycles. The molecular weight excluding hydrogens is 481 g/mol. The Hall–Kier alpha value is -4.35. The molecule has 0 atom stereocenters. The number of rotatable bonds is 7. The van der Waals surface area contributed by atoms with E-state index in [0.29, 0.717) is 27.7 Å². The third-order valence-corrected chi connectivity index (χ3v) is 5.54. The van der Waals surface area contributed by atoms with E-state index in [2.05, 4.69) is 4.98 Å². The molecule has 188 valence electrons. The van der Waals surface area contributed by atoms with Gasteiger partial charge in [-0.25, -0.2) is 0 Å². The van der Waals surface area contributed by atoms with Crippen LogP contribution in [0.25, 0.3) is 27.5 Å². The highest BCUT2D eigenvalue weighted by atomic mass is 19.4. The normalized spacial score (nSPS) is 11.7. The molecule has 4 aromatic rings. The van der Waals surface area contributed by atoms with Gasteiger partial charge in [-0.3, -0.25) is 19.2 Å². The smallest absolute Gasteiger partial charge is 0.466 e. The zero-order valence-electron chi connectivity index (χ0n) is 19.0. The van der Waals surface area contributed by atoms with Crippen molar-refractivity contribution in [2.45, 2.75) is 32.6 Å². The minimum atomic E-state index is -4.97. The maximum atomic E-state index is 12.7. The summed E-state index contributed by atoms with van der Waals surface area (Å²) in [5, 5.41) is 3.19. The highest BCUT2D eigenvalue weighted by Gasteiger charge is 2.38. The van der Waals surface area contributed by atoms with E-state index in [1.54, 1.807) is 60.3 Å². The molecule has 0 spiro atoms. The molecule has 36 heavy (non-hydrogen) atoms. The number of benzene rings is 2. The number of amides is 1. The van der Waals surface area contributed by atoms with Crippen molar-refractivity contribution in [2.75, 3.05) is 6.61 Å². The van der Waals surface area contributed by atoms with Gasteiger partial charge in [-0.05, 0) is 42.1 Å². The Kier molecular flexibility index (Phi) is 6.69. The van der Waals surface area contributed by atoms with Crippen molar-refractivity contribution >= 4 is 33.7 Å². The summed E-state index contributed by atoms with van der Waals surface area (Å²) < 4.78 is 45.1. The fraction of sp³-hybridized carbons (Fsp3) is 0.250. The number of fused-ring (bicyclic) bond motifs is 3. The van der Waals surface area contributed by atoms with Crippen molar-refractivity contribution < 1.29 is 27.5 Å².